The molecule has 32 heavy (non-hydrogen) atoms. The fraction of sp³-hybridized carbons (Fsp3) is 0.400. The van der Waals surface area contributed by atoms with Crippen LogP contribution in [0.15, 0.2) is 54.6 Å². The second-order valence-corrected chi connectivity index (χ2v) is 8.36. The van der Waals surface area contributed by atoms with Crippen LogP contribution in [0.2, 0.25) is 0 Å². The highest BCUT2D eigenvalue weighted by atomic mass is 16.5. The molecule has 2 saturated heterocycles. The first-order valence-corrected chi connectivity index (χ1v) is 11.1. The van der Waals surface area contributed by atoms with Crippen LogP contribution in [0, 0.1) is 11.8 Å². The fourth-order valence-electron chi connectivity index (χ4n) is 5.04. The second kappa shape index (κ2) is 8.74. The number of nitrogens with one attached hydrogen (secondary N) is 1. The number of amides is 2. The van der Waals surface area contributed by atoms with Crippen molar-refractivity contribution < 1.29 is 24.2 Å². The SMILES string of the molecule is CCCC[C@]1(C(=O)OCC)N[C@H](c2ccc(O)cc2)[C@@H]2C(=O)N(c3ccccc3)C(=O)[C@@H]21. The van der Waals surface area contributed by atoms with Crippen molar-refractivity contribution in [3.8, 4) is 5.75 Å². The molecule has 2 N–H and O–H groups in total. The van der Waals surface area contributed by atoms with Crippen LogP contribution < -0.4 is 10.2 Å². The van der Waals surface area contributed by atoms with Crippen molar-refractivity contribution in [1.82, 2.24) is 5.32 Å². The molecule has 2 amide bonds. The topological polar surface area (TPSA) is 95.9 Å². The molecule has 0 saturated carbocycles. The molecule has 0 radical (unpaired) electrons. The van der Waals surface area contributed by atoms with Gasteiger partial charge in [0.2, 0.25) is 11.8 Å². The average Bonchev–Trinajstić information content (AvgIpc) is 3.28. The Morgan fingerprint density at radius 2 is 1.75 bits per heavy atom. The minimum Gasteiger partial charge on any atom is -0.508 e. The van der Waals surface area contributed by atoms with Crippen LogP contribution in [0.5, 0.6) is 5.75 Å². The van der Waals surface area contributed by atoms with Crippen molar-refractivity contribution >= 4 is 23.5 Å². The van der Waals surface area contributed by atoms with E-state index in [1.54, 1.807) is 55.5 Å². The number of esters is 1. The number of aromatic hydroxyl groups is 1. The van der Waals surface area contributed by atoms with E-state index in [0.717, 1.165) is 12.0 Å². The molecule has 0 bridgehead atoms. The van der Waals surface area contributed by atoms with Gasteiger partial charge >= 0.3 is 5.97 Å². The Balaban J connectivity index is 1.85. The number of fused-ring (bicyclic) bond motifs is 1. The standard InChI is InChI=1S/C25H28N2O5/c1-3-5-15-25(24(31)32-4-2)20-19(21(26-25)16-11-13-18(28)14-12-16)22(29)27(23(20)30)17-9-7-6-8-10-17/h6-14,19-21,26,28H,3-5,15H2,1-2H3/t19-,20-,21-,25+/m1/s1. The molecule has 2 heterocycles. The van der Waals surface area contributed by atoms with Gasteiger partial charge in [-0.1, -0.05) is 50.1 Å². The van der Waals surface area contributed by atoms with Gasteiger partial charge in [0, 0.05) is 6.04 Å². The zero-order valence-electron chi connectivity index (χ0n) is 18.3. The van der Waals surface area contributed by atoms with Crippen LogP contribution in [0.3, 0.4) is 0 Å². The Morgan fingerprint density at radius 1 is 1.06 bits per heavy atom. The molecule has 0 spiro atoms. The Bertz CT molecular complexity index is 1010. The van der Waals surface area contributed by atoms with Crippen LogP contribution in [-0.2, 0) is 19.1 Å². The lowest BCUT2D eigenvalue weighted by molar-refractivity contribution is -0.155. The number of hydrogen-bond acceptors (Lipinski definition) is 6. The first-order chi connectivity index (χ1) is 15.4. The van der Waals surface area contributed by atoms with Crippen molar-refractivity contribution in [2.45, 2.75) is 44.7 Å². The zero-order valence-corrected chi connectivity index (χ0v) is 18.3. The third kappa shape index (κ3) is 3.46. The largest absolute Gasteiger partial charge is 0.508 e. The summed E-state index contributed by atoms with van der Waals surface area (Å²) in [5, 5.41) is 13.1. The van der Waals surface area contributed by atoms with E-state index in [1.807, 2.05) is 13.0 Å². The van der Waals surface area contributed by atoms with E-state index < -0.39 is 29.4 Å². The van der Waals surface area contributed by atoms with Gasteiger partial charge in [0.1, 0.15) is 11.3 Å². The molecule has 4 rings (SSSR count). The Morgan fingerprint density at radius 3 is 2.38 bits per heavy atom. The van der Waals surface area contributed by atoms with E-state index in [-0.39, 0.29) is 24.2 Å². The van der Waals surface area contributed by atoms with Crippen LogP contribution in [0.25, 0.3) is 0 Å². The van der Waals surface area contributed by atoms with Crippen LogP contribution >= 0.6 is 0 Å². The molecule has 2 aromatic rings. The average molecular weight is 437 g/mol. The number of ether oxygens (including phenoxy) is 1. The molecule has 0 aliphatic carbocycles. The molecule has 2 fully saturated rings. The normalized spacial score (nSPS) is 26.9. The quantitative estimate of drug-likeness (QED) is 0.511. The third-order valence-corrected chi connectivity index (χ3v) is 6.49. The van der Waals surface area contributed by atoms with Gasteiger partial charge in [-0.2, -0.15) is 0 Å². The molecule has 2 aromatic carbocycles. The smallest absolute Gasteiger partial charge is 0.327 e. The number of carbonyl (C=O) groups excluding carboxylic acids is 3. The Labute approximate surface area is 187 Å². The van der Waals surface area contributed by atoms with Crippen molar-refractivity contribution in [2.24, 2.45) is 11.8 Å². The summed E-state index contributed by atoms with van der Waals surface area (Å²) in [6, 6.07) is 14.8. The maximum atomic E-state index is 13.7. The van der Waals surface area contributed by atoms with Gasteiger partial charge in [-0.3, -0.25) is 19.7 Å². The number of phenolic OH excluding ortho intramolecular Hbond substituents is 1. The first kappa shape index (κ1) is 22.0. The van der Waals surface area contributed by atoms with Gasteiger partial charge in [0.05, 0.1) is 24.1 Å². The molecule has 168 valence electrons. The predicted octanol–water partition coefficient (Wildman–Crippen LogP) is 3.33. The van der Waals surface area contributed by atoms with Gasteiger partial charge in [-0.25, -0.2) is 4.90 Å². The summed E-state index contributed by atoms with van der Waals surface area (Å²) in [5.41, 5.74) is -0.0682. The maximum Gasteiger partial charge on any atom is 0.327 e. The number of para-hydroxylation sites is 1. The lowest BCUT2D eigenvalue weighted by Gasteiger charge is -2.33. The minimum absolute atomic E-state index is 0.102. The number of carbonyl (C=O) groups is 3. The number of rotatable bonds is 7. The number of unbranched alkanes of at least 4 members (excludes halogenated alkanes) is 1. The number of phenols is 1. The number of anilines is 1. The lowest BCUT2D eigenvalue weighted by atomic mass is 9.76. The summed E-state index contributed by atoms with van der Waals surface area (Å²) in [6.07, 6.45) is 1.92. The molecule has 7 nitrogen and oxygen atoms in total. The molecule has 0 unspecified atom stereocenters. The van der Waals surface area contributed by atoms with Crippen molar-refractivity contribution in [3.63, 3.8) is 0 Å². The molecular weight excluding hydrogens is 408 g/mol. The first-order valence-electron chi connectivity index (χ1n) is 11.1. The summed E-state index contributed by atoms with van der Waals surface area (Å²) in [5.74, 6) is -2.75. The van der Waals surface area contributed by atoms with Crippen LogP contribution in [0.4, 0.5) is 5.69 Å². The van der Waals surface area contributed by atoms with Crippen LogP contribution in [0.1, 0.15) is 44.7 Å². The van der Waals surface area contributed by atoms with Gasteiger partial charge in [-0.05, 0) is 43.2 Å². The highest BCUT2D eigenvalue weighted by molar-refractivity contribution is 6.24. The molecule has 4 atom stereocenters. The molecule has 0 aromatic heterocycles. The highest BCUT2D eigenvalue weighted by Gasteiger charge is 2.68. The molecular formula is C25H28N2O5. The summed E-state index contributed by atoms with van der Waals surface area (Å²) in [7, 11) is 0. The van der Waals surface area contributed by atoms with Crippen LogP contribution in [-0.4, -0.2) is 35.0 Å². The number of hydrogen-bond donors (Lipinski definition) is 2. The summed E-state index contributed by atoms with van der Waals surface area (Å²) in [6.45, 7) is 3.92. The monoisotopic (exact) mass is 436 g/mol. The number of nitrogens with zero attached hydrogens (tertiary/aromatic N) is 1. The highest BCUT2D eigenvalue weighted by Crippen LogP contribution is 2.51. The summed E-state index contributed by atoms with van der Waals surface area (Å²) < 4.78 is 5.44. The van der Waals surface area contributed by atoms with Gasteiger partial charge in [0.15, 0.2) is 0 Å². The Kier molecular flexibility index (Phi) is 6.02. The van der Waals surface area contributed by atoms with Crippen molar-refractivity contribution in [3.05, 3.63) is 60.2 Å². The van der Waals surface area contributed by atoms with Gasteiger partial charge < -0.3 is 9.84 Å². The van der Waals surface area contributed by atoms with E-state index >= 15 is 0 Å². The zero-order chi connectivity index (χ0) is 22.9. The second-order valence-electron chi connectivity index (χ2n) is 8.36. The minimum atomic E-state index is -1.30. The summed E-state index contributed by atoms with van der Waals surface area (Å²) in [4.78, 5) is 41.9. The van der Waals surface area contributed by atoms with E-state index in [4.69, 9.17) is 4.74 Å². The van der Waals surface area contributed by atoms with E-state index in [1.165, 1.54) is 4.90 Å². The lowest BCUT2D eigenvalue weighted by Crippen LogP contribution is -2.56. The van der Waals surface area contributed by atoms with E-state index in [9.17, 15) is 19.5 Å². The van der Waals surface area contributed by atoms with E-state index in [2.05, 4.69) is 5.32 Å². The van der Waals surface area contributed by atoms with Gasteiger partial charge in [-0.15, -0.1) is 0 Å². The Hall–Kier alpha value is -3.19. The molecule has 7 heteroatoms. The number of imide groups is 1. The predicted molar refractivity (Wildman–Crippen MR) is 119 cm³/mol. The van der Waals surface area contributed by atoms with Crippen molar-refractivity contribution in [1.29, 1.82) is 0 Å². The summed E-state index contributed by atoms with van der Waals surface area (Å²) >= 11 is 0. The fourth-order valence-corrected chi connectivity index (χ4v) is 5.04. The molecule has 2 aliphatic rings. The third-order valence-electron chi connectivity index (χ3n) is 6.49. The maximum absolute atomic E-state index is 13.7. The van der Waals surface area contributed by atoms with Crippen molar-refractivity contribution in [2.75, 3.05) is 11.5 Å². The molecule has 2 aliphatic heterocycles. The number of benzene rings is 2. The van der Waals surface area contributed by atoms with Gasteiger partial charge in [0.25, 0.3) is 0 Å². The van der Waals surface area contributed by atoms with E-state index in [0.29, 0.717) is 18.5 Å².